The van der Waals surface area contributed by atoms with Crippen LogP contribution >= 0.6 is 27.3 Å². The van der Waals surface area contributed by atoms with Gasteiger partial charge in [0.2, 0.25) is 0 Å². The lowest BCUT2D eigenvalue weighted by Crippen LogP contribution is -2.14. The van der Waals surface area contributed by atoms with Crippen LogP contribution in [0, 0.1) is 5.82 Å². The average Bonchev–Trinajstić information content (AvgIpc) is 2.81. The fourth-order valence-corrected chi connectivity index (χ4v) is 2.75. The Kier molecular flexibility index (Phi) is 4.08. The van der Waals surface area contributed by atoms with Gasteiger partial charge in [-0.15, -0.1) is 11.3 Å². The molecule has 2 aromatic rings. The van der Waals surface area contributed by atoms with E-state index in [0.29, 0.717) is 15.3 Å². The van der Waals surface area contributed by atoms with Crippen LogP contribution in [0.1, 0.15) is 23.5 Å². The lowest BCUT2D eigenvalue weighted by atomic mass is 10.1. The van der Waals surface area contributed by atoms with Crippen molar-refractivity contribution in [1.82, 2.24) is 4.98 Å². The van der Waals surface area contributed by atoms with E-state index in [1.165, 1.54) is 23.5 Å². The van der Waals surface area contributed by atoms with Crippen LogP contribution in [0.4, 0.5) is 4.39 Å². The first-order chi connectivity index (χ1) is 8.58. The minimum atomic E-state index is -0.283. The van der Waals surface area contributed by atoms with Crippen molar-refractivity contribution in [1.29, 1.82) is 0 Å². The van der Waals surface area contributed by atoms with E-state index in [0.717, 1.165) is 5.56 Å². The third kappa shape index (κ3) is 2.94. The van der Waals surface area contributed by atoms with Gasteiger partial charge in [-0.3, -0.25) is 4.99 Å². The molecule has 0 radical (unpaired) electrons. The first kappa shape index (κ1) is 13.2. The summed E-state index contributed by atoms with van der Waals surface area (Å²) in [6.07, 6.45) is 1.68. The summed E-state index contributed by atoms with van der Waals surface area (Å²) in [7, 11) is 0. The van der Waals surface area contributed by atoms with Gasteiger partial charge in [0.15, 0.2) is 10.8 Å². The molecule has 18 heavy (non-hydrogen) atoms. The van der Waals surface area contributed by atoms with Crippen LogP contribution < -0.4 is 5.73 Å². The van der Waals surface area contributed by atoms with E-state index in [1.807, 2.05) is 12.3 Å². The molecule has 3 nitrogen and oxygen atoms in total. The maximum Gasteiger partial charge on any atom is 0.157 e. The zero-order valence-corrected chi connectivity index (χ0v) is 12.0. The quantitative estimate of drug-likeness (QED) is 0.692. The SMILES string of the molecule is CC(/N=C(\N)c1nccs1)c1ccc(F)cc1Br. The first-order valence-electron chi connectivity index (χ1n) is 5.26. The minimum Gasteiger partial charge on any atom is -0.381 e. The molecule has 1 heterocycles. The average molecular weight is 328 g/mol. The van der Waals surface area contributed by atoms with Crippen LogP contribution in [0.3, 0.4) is 0 Å². The van der Waals surface area contributed by atoms with Crippen molar-refractivity contribution in [3.8, 4) is 0 Å². The van der Waals surface area contributed by atoms with E-state index in [-0.39, 0.29) is 11.9 Å². The Morgan fingerprint density at radius 3 is 2.94 bits per heavy atom. The standard InChI is InChI=1S/C12H11BrFN3S/c1-7(9-3-2-8(14)6-10(9)13)17-11(15)12-16-4-5-18-12/h2-7H,1H3,(H2,15,17). The van der Waals surface area contributed by atoms with E-state index < -0.39 is 0 Å². The molecule has 1 aromatic heterocycles. The molecule has 1 atom stereocenters. The van der Waals surface area contributed by atoms with E-state index in [9.17, 15) is 4.39 Å². The van der Waals surface area contributed by atoms with Crippen LogP contribution in [0.2, 0.25) is 0 Å². The van der Waals surface area contributed by atoms with Crippen LogP contribution in [-0.4, -0.2) is 10.8 Å². The molecule has 0 aliphatic heterocycles. The van der Waals surface area contributed by atoms with Crippen LogP contribution in [0.5, 0.6) is 0 Å². The highest BCUT2D eigenvalue weighted by Crippen LogP contribution is 2.26. The van der Waals surface area contributed by atoms with Crippen molar-refractivity contribution in [2.75, 3.05) is 0 Å². The van der Waals surface area contributed by atoms with Crippen LogP contribution in [0.15, 0.2) is 39.2 Å². The van der Waals surface area contributed by atoms with Gasteiger partial charge in [-0.25, -0.2) is 9.37 Å². The minimum absolute atomic E-state index is 0.163. The lowest BCUT2D eigenvalue weighted by molar-refractivity contribution is 0.624. The molecule has 6 heteroatoms. The second-order valence-corrected chi connectivity index (χ2v) is 5.44. The number of rotatable bonds is 3. The molecule has 0 spiro atoms. The normalized spacial score (nSPS) is 13.6. The van der Waals surface area contributed by atoms with Gasteiger partial charge in [0.05, 0.1) is 6.04 Å². The summed E-state index contributed by atoms with van der Waals surface area (Å²) in [4.78, 5) is 8.46. The molecule has 0 fully saturated rings. The number of halogens is 2. The highest BCUT2D eigenvalue weighted by Gasteiger charge is 2.11. The molecular formula is C12H11BrFN3S. The molecule has 0 bridgehead atoms. The Hall–Kier alpha value is -1.27. The summed E-state index contributed by atoms with van der Waals surface area (Å²) in [5.41, 5.74) is 6.75. The second-order valence-electron chi connectivity index (χ2n) is 3.69. The molecule has 2 rings (SSSR count). The Morgan fingerprint density at radius 2 is 2.33 bits per heavy atom. The highest BCUT2D eigenvalue weighted by molar-refractivity contribution is 9.10. The number of hydrogen-bond acceptors (Lipinski definition) is 3. The van der Waals surface area contributed by atoms with Crippen molar-refractivity contribution >= 4 is 33.1 Å². The van der Waals surface area contributed by atoms with Gasteiger partial charge < -0.3 is 5.73 Å². The Bertz CT molecular complexity index is 569. The van der Waals surface area contributed by atoms with Gasteiger partial charge in [0.25, 0.3) is 0 Å². The smallest absolute Gasteiger partial charge is 0.157 e. The fraction of sp³-hybridized carbons (Fsp3) is 0.167. The largest absolute Gasteiger partial charge is 0.381 e. The summed E-state index contributed by atoms with van der Waals surface area (Å²) in [5.74, 6) is 0.114. The second kappa shape index (κ2) is 5.58. The van der Waals surface area contributed by atoms with Crippen molar-refractivity contribution in [2.24, 2.45) is 10.7 Å². The monoisotopic (exact) mass is 327 g/mol. The molecule has 0 saturated heterocycles. The summed E-state index contributed by atoms with van der Waals surface area (Å²) < 4.78 is 13.7. The Morgan fingerprint density at radius 1 is 1.56 bits per heavy atom. The zero-order valence-electron chi connectivity index (χ0n) is 9.60. The van der Waals surface area contributed by atoms with Crippen molar-refractivity contribution in [3.63, 3.8) is 0 Å². The molecule has 1 unspecified atom stereocenters. The highest BCUT2D eigenvalue weighted by atomic mass is 79.9. The number of amidine groups is 1. The summed E-state index contributed by atoms with van der Waals surface area (Å²) in [5, 5.41) is 2.54. The number of aromatic nitrogens is 1. The van der Waals surface area contributed by atoms with E-state index >= 15 is 0 Å². The fourth-order valence-electron chi connectivity index (χ4n) is 1.52. The number of nitrogens with zero attached hydrogens (tertiary/aromatic N) is 2. The number of benzene rings is 1. The van der Waals surface area contributed by atoms with Crippen molar-refractivity contribution < 1.29 is 4.39 Å². The summed E-state index contributed by atoms with van der Waals surface area (Å²) in [6.45, 7) is 1.90. The van der Waals surface area contributed by atoms with Crippen LogP contribution in [-0.2, 0) is 0 Å². The van der Waals surface area contributed by atoms with Gasteiger partial charge >= 0.3 is 0 Å². The van der Waals surface area contributed by atoms with E-state index in [2.05, 4.69) is 25.9 Å². The third-order valence-electron chi connectivity index (χ3n) is 2.40. The topological polar surface area (TPSA) is 51.3 Å². The number of thiazole rings is 1. The van der Waals surface area contributed by atoms with Gasteiger partial charge in [0, 0.05) is 16.0 Å². The maximum absolute atomic E-state index is 13.0. The molecular weight excluding hydrogens is 317 g/mol. The molecule has 1 aromatic carbocycles. The Balaban J connectivity index is 2.26. The predicted molar refractivity (Wildman–Crippen MR) is 75.4 cm³/mol. The number of nitrogens with two attached hydrogens (primary N) is 1. The maximum atomic E-state index is 13.0. The molecule has 2 N–H and O–H groups in total. The van der Waals surface area contributed by atoms with Gasteiger partial charge in [-0.2, -0.15) is 0 Å². The molecule has 0 aliphatic carbocycles. The van der Waals surface area contributed by atoms with E-state index in [4.69, 9.17) is 5.73 Å². The van der Waals surface area contributed by atoms with Gasteiger partial charge in [0.1, 0.15) is 5.82 Å². The lowest BCUT2D eigenvalue weighted by Gasteiger charge is -2.10. The molecule has 0 aliphatic rings. The third-order valence-corrected chi connectivity index (χ3v) is 3.88. The number of hydrogen-bond donors (Lipinski definition) is 1. The zero-order chi connectivity index (χ0) is 13.1. The van der Waals surface area contributed by atoms with Crippen molar-refractivity contribution in [2.45, 2.75) is 13.0 Å². The van der Waals surface area contributed by atoms with Crippen molar-refractivity contribution in [3.05, 3.63) is 50.6 Å². The van der Waals surface area contributed by atoms with Gasteiger partial charge in [-0.1, -0.05) is 22.0 Å². The molecule has 0 saturated carbocycles. The number of aliphatic imine (C=N–C) groups is 1. The van der Waals surface area contributed by atoms with Gasteiger partial charge in [-0.05, 0) is 24.6 Å². The molecule has 94 valence electrons. The Labute approximate surface area is 117 Å². The summed E-state index contributed by atoms with van der Waals surface area (Å²) in [6, 6.07) is 4.36. The molecule has 0 amide bonds. The van der Waals surface area contributed by atoms with E-state index in [1.54, 1.807) is 12.3 Å². The predicted octanol–water partition coefficient (Wildman–Crippen LogP) is 3.51. The van der Waals surface area contributed by atoms with Crippen LogP contribution in [0.25, 0.3) is 0 Å². The first-order valence-corrected chi connectivity index (χ1v) is 6.93. The summed E-state index contributed by atoms with van der Waals surface area (Å²) >= 11 is 4.76.